The summed E-state index contributed by atoms with van der Waals surface area (Å²) in [4.78, 5) is 18.7. The highest BCUT2D eigenvalue weighted by Crippen LogP contribution is 2.34. The van der Waals surface area contributed by atoms with Gasteiger partial charge in [-0.15, -0.1) is 0 Å². The number of hydrogen-bond donors (Lipinski definition) is 0. The molecule has 1 amide bonds. The number of rotatable bonds is 1. The quantitative estimate of drug-likeness (QED) is 0.759. The van der Waals surface area contributed by atoms with E-state index in [9.17, 15) is 4.79 Å². The maximum atomic E-state index is 12.3. The SMILES string of the molecule is CN=C1S/C(=C/c2c(C)n(C)c3ccccc23)C(=O)N1C. The van der Waals surface area contributed by atoms with Crippen molar-refractivity contribution in [2.45, 2.75) is 6.92 Å². The number of nitrogens with zero attached hydrogens (tertiary/aromatic N) is 3. The maximum absolute atomic E-state index is 12.3. The number of fused-ring (bicyclic) bond motifs is 1. The highest BCUT2D eigenvalue weighted by Gasteiger charge is 2.30. The smallest absolute Gasteiger partial charge is 0.266 e. The molecule has 5 heteroatoms. The highest BCUT2D eigenvalue weighted by atomic mass is 32.2. The molecule has 1 aromatic heterocycles. The van der Waals surface area contributed by atoms with Crippen LogP contribution in [0.5, 0.6) is 0 Å². The van der Waals surface area contributed by atoms with Gasteiger partial charge in [-0.3, -0.25) is 14.7 Å². The summed E-state index contributed by atoms with van der Waals surface area (Å²) in [7, 11) is 5.51. The van der Waals surface area contributed by atoms with Gasteiger partial charge in [0.05, 0.1) is 4.91 Å². The molecule has 0 unspecified atom stereocenters. The van der Waals surface area contributed by atoms with E-state index in [1.807, 2.05) is 25.3 Å². The summed E-state index contributed by atoms with van der Waals surface area (Å²) in [6.07, 6.45) is 1.99. The summed E-state index contributed by atoms with van der Waals surface area (Å²) in [5.41, 5.74) is 3.44. The lowest BCUT2D eigenvalue weighted by Crippen LogP contribution is -2.23. The first-order valence-electron chi connectivity index (χ1n) is 6.73. The van der Waals surface area contributed by atoms with Gasteiger partial charge in [0.1, 0.15) is 0 Å². The van der Waals surface area contributed by atoms with Gasteiger partial charge in [-0.05, 0) is 30.8 Å². The molecule has 1 aliphatic heterocycles. The average molecular weight is 299 g/mol. The van der Waals surface area contributed by atoms with Crippen molar-refractivity contribution < 1.29 is 4.79 Å². The molecule has 1 aliphatic rings. The van der Waals surface area contributed by atoms with E-state index in [2.05, 4.69) is 28.6 Å². The number of hydrogen-bond acceptors (Lipinski definition) is 3. The van der Waals surface area contributed by atoms with Crippen LogP contribution in [0.15, 0.2) is 34.2 Å². The standard InChI is InChI=1S/C16H17N3OS/c1-10-12(11-7-5-6-8-13(11)18(10)3)9-14-15(20)19(4)16(17-2)21-14/h5-9H,1-4H3/b14-9+,17-16?. The van der Waals surface area contributed by atoms with Gasteiger partial charge in [0.25, 0.3) is 5.91 Å². The van der Waals surface area contributed by atoms with Crippen molar-refractivity contribution in [1.82, 2.24) is 9.47 Å². The number of likely N-dealkylation sites (N-methyl/N-ethyl adjacent to an activating group) is 1. The predicted octanol–water partition coefficient (Wildman–Crippen LogP) is 3.02. The molecule has 2 aromatic rings. The molecule has 0 aliphatic carbocycles. The Hall–Kier alpha value is -2.01. The van der Waals surface area contributed by atoms with Crippen molar-refractivity contribution in [3.63, 3.8) is 0 Å². The second-order valence-electron chi connectivity index (χ2n) is 5.06. The molecular weight excluding hydrogens is 282 g/mol. The Balaban J connectivity index is 2.17. The van der Waals surface area contributed by atoms with E-state index in [4.69, 9.17) is 0 Å². The van der Waals surface area contributed by atoms with E-state index in [1.165, 1.54) is 22.7 Å². The molecule has 1 saturated heterocycles. The van der Waals surface area contributed by atoms with Gasteiger partial charge in [-0.25, -0.2) is 0 Å². The fourth-order valence-electron chi connectivity index (χ4n) is 2.61. The van der Waals surface area contributed by atoms with Gasteiger partial charge in [0.15, 0.2) is 5.17 Å². The van der Waals surface area contributed by atoms with Crippen LogP contribution < -0.4 is 0 Å². The number of para-hydroxylation sites is 1. The van der Waals surface area contributed by atoms with Gasteiger partial charge in [0, 0.05) is 43.3 Å². The summed E-state index contributed by atoms with van der Waals surface area (Å²) in [5.74, 6) is 0.00735. The van der Waals surface area contributed by atoms with Crippen LogP contribution >= 0.6 is 11.8 Å². The second-order valence-corrected chi connectivity index (χ2v) is 6.07. The Bertz CT molecular complexity index is 801. The zero-order valence-corrected chi connectivity index (χ0v) is 13.4. The Morgan fingerprint density at radius 1 is 1.24 bits per heavy atom. The first kappa shape index (κ1) is 13.9. The molecule has 3 rings (SSSR count). The van der Waals surface area contributed by atoms with Crippen LogP contribution in [-0.4, -0.2) is 34.6 Å². The van der Waals surface area contributed by atoms with Crippen LogP contribution in [0.3, 0.4) is 0 Å². The van der Waals surface area contributed by atoms with Crippen LogP contribution in [0.25, 0.3) is 17.0 Å². The molecule has 1 aromatic carbocycles. The molecule has 4 nitrogen and oxygen atoms in total. The molecule has 2 heterocycles. The molecular formula is C16H17N3OS. The molecule has 0 bridgehead atoms. The number of aryl methyl sites for hydroxylation is 1. The number of amides is 1. The van der Waals surface area contributed by atoms with Crippen LogP contribution in [-0.2, 0) is 11.8 Å². The Labute approximate surface area is 128 Å². The number of aliphatic imine (C=N–C) groups is 1. The van der Waals surface area contributed by atoms with Crippen molar-refractivity contribution in [1.29, 1.82) is 0 Å². The van der Waals surface area contributed by atoms with Gasteiger partial charge in [0.2, 0.25) is 0 Å². The van der Waals surface area contributed by atoms with Crippen LogP contribution in [0.1, 0.15) is 11.3 Å². The minimum Gasteiger partial charge on any atom is -0.347 e. The van der Waals surface area contributed by atoms with E-state index in [-0.39, 0.29) is 5.91 Å². The van der Waals surface area contributed by atoms with Crippen molar-refractivity contribution in [2.24, 2.45) is 12.0 Å². The lowest BCUT2D eigenvalue weighted by atomic mass is 10.1. The summed E-state index contributed by atoms with van der Waals surface area (Å²) < 4.78 is 2.16. The first-order chi connectivity index (χ1) is 10.0. The molecule has 0 radical (unpaired) electrons. The average Bonchev–Trinajstić information content (AvgIpc) is 2.91. The largest absolute Gasteiger partial charge is 0.347 e. The molecule has 0 atom stereocenters. The number of aromatic nitrogens is 1. The minimum atomic E-state index is 0.00735. The number of carbonyl (C=O) groups excluding carboxylic acids is 1. The van der Waals surface area contributed by atoms with E-state index in [0.717, 1.165) is 21.3 Å². The van der Waals surface area contributed by atoms with Crippen LogP contribution in [0.2, 0.25) is 0 Å². The van der Waals surface area contributed by atoms with E-state index in [0.29, 0.717) is 0 Å². The number of thioether (sulfide) groups is 1. The Morgan fingerprint density at radius 2 is 1.95 bits per heavy atom. The highest BCUT2D eigenvalue weighted by molar-refractivity contribution is 8.18. The van der Waals surface area contributed by atoms with Crippen molar-refractivity contribution in [2.75, 3.05) is 14.1 Å². The zero-order valence-electron chi connectivity index (χ0n) is 12.5. The third-order valence-electron chi connectivity index (χ3n) is 3.92. The Kier molecular flexibility index (Phi) is 3.37. The molecule has 0 N–H and O–H groups in total. The number of amidine groups is 1. The normalized spacial score (nSPS) is 19.4. The summed E-state index contributed by atoms with van der Waals surface area (Å²) in [5, 5.41) is 1.91. The summed E-state index contributed by atoms with van der Waals surface area (Å²) in [6.45, 7) is 2.08. The van der Waals surface area contributed by atoms with Crippen molar-refractivity contribution >= 4 is 39.8 Å². The van der Waals surface area contributed by atoms with Gasteiger partial charge < -0.3 is 4.57 Å². The third kappa shape index (κ3) is 2.08. The first-order valence-corrected chi connectivity index (χ1v) is 7.54. The predicted molar refractivity (Wildman–Crippen MR) is 89.4 cm³/mol. The Morgan fingerprint density at radius 3 is 2.62 bits per heavy atom. The lowest BCUT2D eigenvalue weighted by molar-refractivity contribution is -0.121. The van der Waals surface area contributed by atoms with Gasteiger partial charge in [-0.1, -0.05) is 18.2 Å². The van der Waals surface area contributed by atoms with Gasteiger partial charge in [-0.2, -0.15) is 0 Å². The molecule has 0 saturated carbocycles. The minimum absolute atomic E-state index is 0.00735. The summed E-state index contributed by atoms with van der Waals surface area (Å²) in [6, 6.07) is 8.25. The lowest BCUT2D eigenvalue weighted by Gasteiger charge is -2.05. The second kappa shape index (κ2) is 5.07. The molecule has 0 spiro atoms. The fourth-order valence-corrected chi connectivity index (χ4v) is 3.52. The molecule has 1 fully saturated rings. The number of benzene rings is 1. The van der Waals surface area contributed by atoms with Crippen molar-refractivity contribution in [3.05, 3.63) is 40.4 Å². The summed E-state index contributed by atoms with van der Waals surface area (Å²) >= 11 is 1.43. The maximum Gasteiger partial charge on any atom is 0.266 e. The third-order valence-corrected chi connectivity index (χ3v) is 5.07. The monoisotopic (exact) mass is 299 g/mol. The van der Waals surface area contributed by atoms with E-state index < -0.39 is 0 Å². The van der Waals surface area contributed by atoms with Crippen LogP contribution in [0.4, 0.5) is 0 Å². The van der Waals surface area contributed by atoms with Gasteiger partial charge >= 0.3 is 0 Å². The zero-order chi connectivity index (χ0) is 15.1. The van der Waals surface area contributed by atoms with Crippen LogP contribution in [0, 0.1) is 6.92 Å². The topological polar surface area (TPSA) is 37.6 Å². The number of carbonyl (C=O) groups is 1. The van der Waals surface area contributed by atoms with Crippen molar-refractivity contribution in [3.8, 4) is 0 Å². The molecule has 108 valence electrons. The van der Waals surface area contributed by atoms with E-state index >= 15 is 0 Å². The van der Waals surface area contributed by atoms with E-state index in [1.54, 1.807) is 19.0 Å². The fraction of sp³-hybridized carbons (Fsp3) is 0.250. The molecule has 21 heavy (non-hydrogen) atoms.